The molecule has 0 radical (unpaired) electrons. The van der Waals surface area contributed by atoms with Crippen LogP contribution in [-0.4, -0.2) is 18.5 Å². The molecule has 23 heavy (non-hydrogen) atoms. The monoisotopic (exact) mass is 379 g/mol. The van der Waals surface area contributed by atoms with Crippen molar-refractivity contribution in [1.29, 1.82) is 0 Å². The Hall–Kier alpha value is -2.08. The number of amides is 1. The highest BCUT2D eigenvalue weighted by Crippen LogP contribution is 2.16. The van der Waals surface area contributed by atoms with E-state index in [9.17, 15) is 9.59 Å². The lowest BCUT2D eigenvalue weighted by molar-refractivity contribution is -0.148. The van der Waals surface area contributed by atoms with E-state index in [2.05, 4.69) is 21.2 Å². The third-order valence-electron chi connectivity index (χ3n) is 3.27. The second-order valence-corrected chi connectivity index (χ2v) is 6.00. The molecule has 6 heteroatoms. The molecule has 1 aromatic heterocycles. The van der Waals surface area contributed by atoms with Crippen LogP contribution in [-0.2, 0) is 20.7 Å². The molecule has 0 aliphatic heterocycles. The molecule has 0 saturated heterocycles. The van der Waals surface area contributed by atoms with Crippen molar-refractivity contribution in [1.82, 2.24) is 5.32 Å². The van der Waals surface area contributed by atoms with E-state index >= 15 is 0 Å². The average molecular weight is 380 g/mol. The third kappa shape index (κ3) is 5.90. The second kappa shape index (κ2) is 8.53. The molecule has 1 amide bonds. The van der Waals surface area contributed by atoms with Crippen LogP contribution in [0.3, 0.4) is 0 Å². The summed E-state index contributed by atoms with van der Waals surface area (Å²) in [5.74, 6) is -0.0325. The number of esters is 1. The van der Waals surface area contributed by atoms with Gasteiger partial charge in [-0.3, -0.25) is 9.59 Å². The van der Waals surface area contributed by atoms with Crippen LogP contribution >= 0.6 is 15.9 Å². The van der Waals surface area contributed by atoms with Gasteiger partial charge >= 0.3 is 5.97 Å². The topological polar surface area (TPSA) is 68.5 Å². The Morgan fingerprint density at radius 2 is 2.00 bits per heavy atom. The lowest BCUT2D eigenvalue weighted by atomic mass is 10.1. The minimum Gasteiger partial charge on any atom is -0.469 e. The van der Waals surface area contributed by atoms with Crippen LogP contribution in [0.5, 0.6) is 0 Å². The SMILES string of the molecule is CC(NC(=O)COC(=O)CCc1ccco1)c1ccc(Br)cc1. The van der Waals surface area contributed by atoms with Crippen LogP contribution in [0.4, 0.5) is 0 Å². The molecule has 5 nitrogen and oxygen atoms in total. The van der Waals surface area contributed by atoms with Crippen molar-refractivity contribution >= 4 is 27.8 Å². The minimum atomic E-state index is -0.423. The predicted molar refractivity (Wildman–Crippen MR) is 88.7 cm³/mol. The van der Waals surface area contributed by atoms with Crippen LogP contribution in [0, 0.1) is 0 Å². The molecule has 1 heterocycles. The zero-order chi connectivity index (χ0) is 16.7. The van der Waals surface area contributed by atoms with E-state index in [-0.39, 0.29) is 25.0 Å². The first kappa shape index (κ1) is 17.3. The molecule has 0 spiro atoms. The number of carbonyl (C=O) groups excluding carboxylic acids is 2. The standard InChI is InChI=1S/C17H18BrNO4/c1-12(13-4-6-14(18)7-5-13)19-16(20)11-23-17(21)9-8-15-3-2-10-22-15/h2-7,10,12H,8-9,11H2,1H3,(H,19,20). The molecular weight excluding hydrogens is 362 g/mol. The lowest BCUT2D eigenvalue weighted by Gasteiger charge is -2.14. The van der Waals surface area contributed by atoms with Gasteiger partial charge < -0.3 is 14.5 Å². The Labute approximate surface area is 143 Å². The first-order valence-corrected chi connectivity index (χ1v) is 8.06. The van der Waals surface area contributed by atoms with Crippen LogP contribution in [0.2, 0.25) is 0 Å². The zero-order valence-corrected chi connectivity index (χ0v) is 14.3. The van der Waals surface area contributed by atoms with Gasteiger partial charge in [0.15, 0.2) is 6.61 Å². The first-order valence-electron chi connectivity index (χ1n) is 7.27. The number of hydrogen-bond donors (Lipinski definition) is 1. The fourth-order valence-electron chi connectivity index (χ4n) is 2.02. The molecule has 0 aliphatic rings. The number of benzene rings is 1. The number of halogens is 1. The summed E-state index contributed by atoms with van der Waals surface area (Å²) < 4.78 is 11.1. The normalized spacial score (nSPS) is 11.7. The summed E-state index contributed by atoms with van der Waals surface area (Å²) in [5.41, 5.74) is 0.977. The van der Waals surface area contributed by atoms with E-state index in [1.807, 2.05) is 31.2 Å². The third-order valence-corrected chi connectivity index (χ3v) is 3.80. The van der Waals surface area contributed by atoms with Gasteiger partial charge in [0, 0.05) is 10.9 Å². The quantitative estimate of drug-likeness (QED) is 0.748. The molecule has 0 fully saturated rings. The first-order chi connectivity index (χ1) is 11.0. The van der Waals surface area contributed by atoms with Crippen LogP contribution in [0.15, 0.2) is 51.6 Å². The van der Waals surface area contributed by atoms with Crippen molar-refractivity contribution in [2.45, 2.75) is 25.8 Å². The van der Waals surface area contributed by atoms with Gasteiger partial charge in [0.2, 0.25) is 0 Å². The van der Waals surface area contributed by atoms with Gasteiger partial charge in [-0.2, -0.15) is 0 Å². The number of furan rings is 1. The summed E-state index contributed by atoms with van der Waals surface area (Å²) in [5, 5.41) is 2.79. The van der Waals surface area contributed by atoms with Crippen molar-refractivity contribution in [2.75, 3.05) is 6.61 Å². The van der Waals surface area contributed by atoms with Gasteiger partial charge in [-0.25, -0.2) is 0 Å². The van der Waals surface area contributed by atoms with Crippen molar-refractivity contribution in [2.24, 2.45) is 0 Å². The predicted octanol–water partition coefficient (Wildman–Crippen LogP) is 3.40. The molecule has 0 saturated carbocycles. The van der Waals surface area contributed by atoms with Crippen molar-refractivity contribution in [3.05, 3.63) is 58.5 Å². The molecular formula is C17H18BrNO4. The molecule has 1 unspecified atom stereocenters. The summed E-state index contributed by atoms with van der Waals surface area (Å²) in [6.07, 6.45) is 2.20. The number of nitrogens with one attached hydrogen (secondary N) is 1. The largest absolute Gasteiger partial charge is 0.469 e. The van der Waals surface area contributed by atoms with Crippen molar-refractivity contribution in [3.63, 3.8) is 0 Å². The summed E-state index contributed by atoms with van der Waals surface area (Å²) in [6.45, 7) is 1.59. The van der Waals surface area contributed by atoms with E-state index < -0.39 is 5.97 Å². The number of rotatable bonds is 7. The Bertz CT molecular complexity index is 637. The molecule has 0 aliphatic carbocycles. The molecule has 1 N–H and O–H groups in total. The Morgan fingerprint density at radius 3 is 2.65 bits per heavy atom. The molecule has 2 aromatic rings. The lowest BCUT2D eigenvalue weighted by Crippen LogP contribution is -2.31. The summed E-state index contributed by atoms with van der Waals surface area (Å²) in [6, 6.07) is 11.1. The second-order valence-electron chi connectivity index (χ2n) is 5.08. The van der Waals surface area contributed by atoms with Crippen LogP contribution in [0.1, 0.15) is 30.7 Å². The smallest absolute Gasteiger partial charge is 0.306 e. The van der Waals surface area contributed by atoms with Crippen molar-refractivity contribution < 1.29 is 18.7 Å². The summed E-state index contributed by atoms with van der Waals surface area (Å²) in [7, 11) is 0. The van der Waals surface area contributed by atoms with Gasteiger partial charge in [-0.1, -0.05) is 28.1 Å². The number of ether oxygens (including phenoxy) is 1. The van der Waals surface area contributed by atoms with Crippen molar-refractivity contribution in [3.8, 4) is 0 Å². The van der Waals surface area contributed by atoms with E-state index in [0.29, 0.717) is 6.42 Å². The Morgan fingerprint density at radius 1 is 1.26 bits per heavy atom. The maximum Gasteiger partial charge on any atom is 0.306 e. The van der Waals surface area contributed by atoms with Gasteiger partial charge in [0.1, 0.15) is 5.76 Å². The van der Waals surface area contributed by atoms with Gasteiger partial charge in [0.05, 0.1) is 18.7 Å². The van der Waals surface area contributed by atoms with Crippen LogP contribution < -0.4 is 5.32 Å². The molecule has 1 aromatic carbocycles. The molecule has 122 valence electrons. The van der Waals surface area contributed by atoms with E-state index in [4.69, 9.17) is 9.15 Å². The minimum absolute atomic E-state index is 0.155. The van der Waals surface area contributed by atoms with Crippen LogP contribution in [0.25, 0.3) is 0 Å². The molecule has 0 bridgehead atoms. The van der Waals surface area contributed by atoms with E-state index in [0.717, 1.165) is 15.8 Å². The van der Waals surface area contributed by atoms with Gasteiger partial charge in [-0.05, 0) is 36.8 Å². The van der Waals surface area contributed by atoms with Gasteiger partial charge in [0.25, 0.3) is 5.91 Å². The highest BCUT2D eigenvalue weighted by molar-refractivity contribution is 9.10. The average Bonchev–Trinajstić information content (AvgIpc) is 3.05. The zero-order valence-electron chi connectivity index (χ0n) is 12.8. The number of aryl methyl sites for hydroxylation is 1. The molecule has 1 atom stereocenters. The maximum atomic E-state index is 11.8. The maximum absolute atomic E-state index is 11.8. The number of carbonyl (C=O) groups is 2. The van der Waals surface area contributed by atoms with E-state index in [1.54, 1.807) is 18.4 Å². The Kier molecular flexibility index (Phi) is 6.40. The summed E-state index contributed by atoms with van der Waals surface area (Å²) in [4.78, 5) is 23.4. The highest BCUT2D eigenvalue weighted by Gasteiger charge is 2.12. The highest BCUT2D eigenvalue weighted by atomic mass is 79.9. The number of hydrogen-bond acceptors (Lipinski definition) is 4. The Balaban J connectivity index is 1.69. The fraction of sp³-hybridized carbons (Fsp3) is 0.294. The van der Waals surface area contributed by atoms with Gasteiger partial charge in [-0.15, -0.1) is 0 Å². The fourth-order valence-corrected chi connectivity index (χ4v) is 2.28. The van der Waals surface area contributed by atoms with E-state index in [1.165, 1.54) is 0 Å². The summed E-state index contributed by atoms with van der Waals surface area (Å²) >= 11 is 3.36. The molecule has 2 rings (SSSR count).